The molecule has 4 heterocycles. The van der Waals surface area contributed by atoms with E-state index in [1.54, 1.807) is 61.7 Å². The number of benzene rings is 4. The summed E-state index contributed by atoms with van der Waals surface area (Å²) >= 11 is 12.7. The van der Waals surface area contributed by atoms with Crippen molar-refractivity contribution in [1.82, 2.24) is 30.3 Å². The zero-order valence-corrected chi connectivity index (χ0v) is 44.6. The Labute approximate surface area is 454 Å². The number of ether oxygens (including phenoxy) is 6. The number of unbranched alkanes of at least 4 members (excludes halogenated alkanes) is 2. The Bertz CT molecular complexity index is 3100. The van der Waals surface area contributed by atoms with Gasteiger partial charge in [0.15, 0.2) is 29.6 Å². The number of halogens is 2. The minimum absolute atomic E-state index is 0.118. The summed E-state index contributed by atoms with van der Waals surface area (Å²) in [5, 5.41) is 28.5. The van der Waals surface area contributed by atoms with Gasteiger partial charge in [-0.3, -0.25) is 39.2 Å². The van der Waals surface area contributed by atoms with E-state index in [1.165, 1.54) is 32.4 Å². The fourth-order valence-corrected chi connectivity index (χ4v) is 9.80. The lowest BCUT2D eigenvalue weighted by molar-refractivity contribution is -0.137. The van der Waals surface area contributed by atoms with E-state index in [0.29, 0.717) is 123 Å². The van der Waals surface area contributed by atoms with Crippen LogP contribution in [0.15, 0.2) is 71.0 Å². The number of fused-ring (bicyclic) bond motifs is 2. The van der Waals surface area contributed by atoms with Crippen LogP contribution in [0.3, 0.4) is 0 Å². The number of rotatable bonds is 23. The van der Waals surface area contributed by atoms with Crippen molar-refractivity contribution in [2.24, 2.45) is 10.2 Å². The topological polar surface area (TPSA) is 248 Å². The first-order chi connectivity index (χ1) is 37.3. The maximum atomic E-state index is 13.3. The standard InChI is InChI=1S/C54H58Cl2N10O11/c1-72-43-27-41(37(55)25-38(43)56)60-51-32(28-57)29-59-40-26-45(44(73-2)24-35(40)51)76-21-9-16-64-17-19-65(20-18-64)50(69)12-6-5-7-15-58-49(68)31-77-52-46(74-3)22-33(23-47(52)75-4)62-63-39-11-8-10-34-36(39)30-66(54(34)71)42-13-14-48(67)61-53(42)70/h8,10-11,22-27,29,42H,5-7,9,12-21,30-31H2,1-4H3,(H,58,68)(H,59,60)(H,61,67,70)/b63-62-. The molecule has 404 valence electrons. The van der Waals surface area contributed by atoms with Crippen LogP contribution >= 0.6 is 23.2 Å². The van der Waals surface area contributed by atoms with Crippen LogP contribution in [-0.2, 0) is 25.7 Å². The van der Waals surface area contributed by atoms with Crippen LogP contribution < -0.4 is 44.4 Å². The molecule has 3 aliphatic rings. The van der Waals surface area contributed by atoms with E-state index in [9.17, 15) is 29.2 Å². The molecule has 5 aromatic rings. The maximum absolute atomic E-state index is 13.3. The molecule has 0 spiro atoms. The second-order valence-electron chi connectivity index (χ2n) is 18.2. The number of nitriles is 1. The van der Waals surface area contributed by atoms with Gasteiger partial charge in [-0.25, -0.2) is 0 Å². The zero-order valence-electron chi connectivity index (χ0n) is 43.0. The lowest BCUT2D eigenvalue weighted by atomic mass is 10.0. The fraction of sp³-hybridized carbons (Fsp3) is 0.389. The Hall–Kier alpha value is -7.93. The summed E-state index contributed by atoms with van der Waals surface area (Å²) in [4.78, 5) is 73.5. The number of hydrogen-bond donors (Lipinski definition) is 3. The third-order valence-corrected chi connectivity index (χ3v) is 14.0. The quantitative estimate of drug-likeness (QED) is 0.0318. The van der Waals surface area contributed by atoms with E-state index in [1.807, 2.05) is 4.90 Å². The van der Waals surface area contributed by atoms with E-state index >= 15 is 0 Å². The van der Waals surface area contributed by atoms with Crippen molar-refractivity contribution in [3.05, 3.63) is 87.5 Å². The van der Waals surface area contributed by atoms with Crippen molar-refractivity contribution in [1.29, 1.82) is 5.26 Å². The number of nitrogens with zero attached hydrogens (tertiary/aromatic N) is 7. The molecule has 5 amide bonds. The minimum Gasteiger partial charge on any atom is -0.495 e. The van der Waals surface area contributed by atoms with Crippen LogP contribution in [0.25, 0.3) is 10.9 Å². The molecule has 0 radical (unpaired) electrons. The Balaban J connectivity index is 0.723. The van der Waals surface area contributed by atoms with Crippen LogP contribution in [0.2, 0.25) is 10.0 Å². The molecule has 23 heteroatoms. The first-order valence-electron chi connectivity index (χ1n) is 25.0. The highest BCUT2D eigenvalue weighted by Gasteiger charge is 2.40. The Kier molecular flexibility index (Phi) is 18.5. The summed E-state index contributed by atoms with van der Waals surface area (Å²) in [5.41, 5.74) is 3.68. The number of imide groups is 1. The highest BCUT2D eigenvalue weighted by atomic mass is 35.5. The van der Waals surface area contributed by atoms with Crippen molar-refractivity contribution in [2.75, 3.05) is 86.2 Å². The molecular weight excluding hydrogens is 1040 g/mol. The summed E-state index contributed by atoms with van der Waals surface area (Å²) in [5.74, 6) is 0.721. The summed E-state index contributed by atoms with van der Waals surface area (Å²) in [6.07, 6.45) is 5.19. The number of anilines is 2. The van der Waals surface area contributed by atoms with Gasteiger partial charge in [0.25, 0.3) is 11.8 Å². The van der Waals surface area contributed by atoms with Gasteiger partial charge in [-0.1, -0.05) is 35.7 Å². The molecule has 2 fully saturated rings. The molecule has 3 N–H and O–H groups in total. The summed E-state index contributed by atoms with van der Waals surface area (Å²) in [6.45, 7) is 4.26. The van der Waals surface area contributed by atoms with Crippen molar-refractivity contribution >= 4 is 86.4 Å². The molecule has 1 atom stereocenters. The number of hydrogen-bond acceptors (Lipinski definition) is 17. The number of nitrogens with one attached hydrogen (secondary N) is 3. The largest absolute Gasteiger partial charge is 0.495 e. The highest BCUT2D eigenvalue weighted by Crippen LogP contribution is 2.43. The molecule has 3 aliphatic heterocycles. The number of piperidine rings is 1. The molecular formula is C54H58Cl2N10O11. The van der Waals surface area contributed by atoms with Crippen molar-refractivity contribution in [3.8, 4) is 40.6 Å². The number of carbonyl (C=O) groups excluding carboxylic acids is 5. The molecule has 0 saturated carbocycles. The molecule has 1 unspecified atom stereocenters. The molecule has 21 nitrogen and oxygen atoms in total. The lowest BCUT2D eigenvalue weighted by Gasteiger charge is -2.34. The van der Waals surface area contributed by atoms with Crippen LogP contribution in [0.5, 0.6) is 34.5 Å². The molecule has 1 aromatic heterocycles. The lowest BCUT2D eigenvalue weighted by Crippen LogP contribution is -2.52. The number of azo groups is 1. The van der Waals surface area contributed by atoms with Gasteiger partial charge in [-0.2, -0.15) is 15.5 Å². The molecule has 2 saturated heterocycles. The van der Waals surface area contributed by atoms with Gasteiger partial charge < -0.3 is 48.9 Å². The monoisotopic (exact) mass is 1090 g/mol. The van der Waals surface area contributed by atoms with Crippen LogP contribution in [0.1, 0.15) is 66.4 Å². The van der Waals surface area contributed by atoms with Crippen LogP contribution in [0.4, 0.5) is 22.7 Å². The van der Waals surface area contributed by atoms with Gasteiger partial charge in [0, 0.05) is 106 Å². The smallest absolute Gasteiger partial charge is 0.257 e. The normalized spacial score (nSPS) is 15.5. The number of piperazine rings is 1. The van der Waals surface area contributed by atoms with E-state index in [0.717, 1.165) is 32.5 Å². The van der Waals surface area contributed by atoms with E-state index in [-0.39, 0.29) is 66.9 Å². The van der Waals surface area contributed by atoms with Gasteiger partial charge >= 0.3 is 0 Å². The predicted molar refractivity (Wildman–Crippen MR) is 286 cm³/mol. The number of pyridine rings is 1. The van der Waals surface area contributed by atoms with Gasteiger partial charge in [-0.15, -0.1) is 0 Å². The predicted octanol–water partition coefficient (Wildman–Crippen LogP) is 8.04. The molecule has 77 heavy (non-hydrogen) atoms. The van der Waals surface area contributed by atoms with E-state index < -0.39 is 11.9 Å². The van der Waals surface area contributed by atoms with Crippen molar-refractivity contribution in [3.63, 3.8) is 0 Å². The number of aromatic nitrogens is 1. The molecule has 0 bridgehead atoms. The number of carbonyl (C=O) groups is 5. The number of methoxy groups -OCH3 is 4. The van der Waals surface area contributed by atoms with E-state index in [2.05, 4.69) is 42.1 Å². The molecule has 4 aromatic carbocycles. The van der Waals surface area contributed by atoms with Crippen LogP contribution in [-0.4, -0.2) is 136 Å². The summed E-state index contributed by atoms with van der Waals surface area (Å²) in [7, 11) is 5.94. The highest BCUT2D eigenvalue weighted by molar-refractivity contribution is 6.37. The second-order valence-corrected chi connectivity index (χ2v) is 19.0. The van der Waals surface area contributed by atoms with Gasteiger partial charge in [0.2, 0.25) is 23.5 Å². The van der Waals surface area contributed by atoms with Gasteiger partial charge in [0.05, 0.1) is 78.9 Å². The van der Waals surface area contributed by atoms with Crippen LogP contribution in [0, 0.1) is 11.3 Å². The summed E-state index contributed by atoms with van der Waals surface area (Å²) < 4.78 is 34.2. The summed E-state index contributed by atoms with van der Waals surface area (Å²) in [6, 6.07) is 16.4. The second kappa shape index (κ2) is 25.7. The first kappa shape index (κ1) is 55.3. The first-order valence-corrected chi connectivity index (χ1v) is 25.8. The maximum Gasteiger partial charge on any atom is 0.257 e. The Morgan fingerprint density at radius 1 is 0.844 bits per heavy atom. The van der Waals surface area contributed by atoms with Gasteiger partial charge in [-0.05, 0) is 49.9 Å². The molecule has 0 aliphatic carbocycles. The third kappa shape index (κ3) is 13.2. The van der Waals surface area contributed by atoms with E-state index in [4.69, 9.17) is 51.6 Å². The number of amides is 5. The third-order valence-electron chi connectivity index (χ3n) is 13.4. The SMILES string of the molecule is COc1cc(Nc2c(C#N)cnc3cc(OCCCN4CCN(C(=O)CCCCCNC(=O)COc5c(OC)cc(/N=N\c6cccc7c6CN(C6CCC(=O)NC6=O)C7=O)cc5OC)CC4)c(OC)cc23)c(Cl)cc1Cl. The Morgan fingerprint density at radius 3 is 2.31 bits per heavy atom. The van der Waals surface area contributed by atoms with Crippen molar-refractivity contribution in [2.45, 2.75) is 57.5 Å². The fourth-order valence-electron chi connectivity index (χ4n) is 9.29. The Morgan fingerprint density at radius 2 is 1.60 bits per heavy atom. The minimum atomic E-state index is -0.759. The van der Waals surface area contributed by atoms with Crippen molar-refractivity contribution < 1.29 is 52.4 Å². The average Bonchev–Trinajstić information content (AvgIpc) is 3.78. The average molecular weight is 1090 g/mol. The molecule has 8 rings (SSSR count). The van der Waals surface area contributed by atoms with Gasteiger partial charge in [0.1, 0.15) is 17.9 Å². The zero-order chi connectivity index (χ0) is 54.6.